The number of aliphatic imine (C=N–C) groups is 1. The number of benzene rings is 1. The van der Waals surface area contributed by atoms with Gasteiger partial charge in [-0.2, -0.15) is 0 Å². The lowest BCUT2D eigenvalue weighted by Gasteiger charge is -2.22. The SMILES string of the molecule is CSC1=Nc2cc3c(cc2C(=O)N2C[C@H](O)C[C@H]12)OCO3. The monoisotopic (exact) mass is 306 g/mol. The largest absolute Gasteiger partial charge is 0.454 e. The molecular formula is C14H14N2O4S. The second-order valence-corrected chi connectivity index (χ2v) is 6.07. The molecule has 0 aromatic heterocycles. The van der Waals surface area contributed by atoms with Crippen LogP contribution >= 0.6 is 11.8 Å². The highest BCUT2D eigenvalue weighted by Gasteiger charge is 2.40. The van der Waals surface area contributed by atoms with E-state index in [9.17, 15) is 9.90 Å². The van der Waals surface area contributed by atoms with Crippen LogP contribution in [-0.4, -0.2) is 52.7 Å². The lowest BCUT2D eigenvalue weighted by Crippen LogP contribution is -2.38. The summed E-state index contributed by atoms with van der Waals surface area (Å²) in [6.07, 6.45) is 1.97. The van der Waals surface area contributed by atoms with Crippen LogP contribution in [-0.2, 0) is 0 Å². The van der Waals surface area contributed by atoms with Gasteiger partial charge in [0.15, 0.2) is 11.5 Å². The van der Waals surface area contributed by atoms with Gasteiger partial charge in [0.05, 0.1) is 28.4 Å². The molecule has 21 heavy (non-hydrogen) atoms. The van der Waals surface area contributed by atoms with Crippen molar-refractivity contribution in [3.05, 3.63) is 17.7 Å². The first-order valence-electron chi connectivity index (χ1n) is 6.72. The minimum Gasteiger partial charge on any atom is -0.454 e. The van der Waals surface area contributed by atoms with Gasteiger partial charge in [-0.1, -0.05) is 0 Å². The van der Waals surface area contributed by atoms with Crippen molar-refractivity contribution in [3.8, 4) is 11.5 Å². The number of carbonyl (C=O) groups excluding carboxylic acids is 1. The topological polar surface area (TPSA) is 71.4 Å². The molecule has 7 heteroatoms. The molecule has 0 bridgehead atoms. The fraction of sp³-hybridized carbons (Fsp3) is 0.429. The Bertz CT molecular complexity index is 661. The number of rotatable bonds is 0. The molecule has 1 aromatic rings. The zero-order chi connectivity index (χ0) is 14.6. The first kappa shape index (κ1) is 13.0. The fourth-order valence-corrected chi connectivity index (χ4v) is 3.68. The summed E-state index contributed by atoms with van der Waals surface area (Å²) in [5.41, 5.74) is 1.11. The number of hydrogen-bond donors (Lipinski definition) is 1. The van der Waals surface area contributed by atoms with Crippen LogP contribution in [0.15, 0.2) is 17.1 Å². The van der Waals surface area contributed by atoms with E-state index >= 15 is 0 Å². The number of hydrogen-bond acceptors (Lipinski definition) is 6. The Balaban J connectivity index is 1.87. The molecular weight excluding hydrogens is 292 g/mol. The first-order chi connectivity index (χ1) is 10.2. The maximum Gasteiger partial charge on any atom is 0.256 e. The van der Waals surface area contributed by atoms with Crippen molar-refractivity contribution in [2.45, 2.75) is 18.6 Å². The maximum atomic E-state index is 12.8. The van der Waals surface area contributed by atoms with Gasteiger partial charge in [0.1, 0.15) is 0 Å². The molecule has 1 fully saturated rings. The van der Waals surface area contributed by atoms with E-state index in [4.69, 9.17) is 9.47 Å². The first-order valence-corrected chi connectivity index (χ1v) is 7.95. The Kier molecular flexibility index (Phi) is 2.87. The highest BCUT2D eigenvalue weighted by molar-refractivity contribution is 8.13. The van der Waals surface area contributed by atoms with Crippen LogP contribution in [0.1, 0.15) is 16.8 Å². The van der Waals surface area contributed by atoms with Gasteiger partial charge in [0.2, 0.25) is 6.79 Å². The smallest absolute Gasteiger partial charge is 0.256 e. The predicted octanol–water partition coefficient (Wildman–Crippen LogP) is 1.40. The lowest BCUT2D eigenvalue weighted by atomic mass is 10.1. The fourth-order valence-electron chi connectivity index (χ4n) is 3.00. The number of ether oxygens (including phenoxy) is 2. The normalized spacial score (nSPS) is 26.3. The van der Waals surface area contributed by atoms with Crippen LogP contribution in [0.2, 0.25) is 0 Å². The number of thioether (sulfide) groups is 1. The highest BCUT2D eigenvalue weighted by Crippen LogP contribution is 2.41. The van der Waals surface area contributed by atoms with Crippen molar-refractivity contribution in [1.29, 1.82) is 0 Å². The molecule has 0 aliphatic carbocycles. The van der Waals surface area contributed by atoms with Crippen molar-refractivity contribution in [2.75, 3.05) is 19.6 Å². The van der Waals surface area contributed by atoms with Crippen LogP contribution in [0.5, 0.6) is 11.5 Å². The van der Waals surface area contributed by atoms with E-state index in [1.54, 1.807) is 17.0 Å². The van der Waals surface area contributed by atoms with E-state index in [-0.39, 0.29) is 18.7 Å². The maximum absolute atomic E-state index is 12.8. The second kappa shape index (κ2) is 4.64. The van der Waals surface area contributed by atoms with Crippen LogP contribution in [0.25, 0.3) is 0 Å². The molecule has 110 valence electrons. The summed E-state index contributed by atoms with van der Waals surface area (Å²) in [5.74, 6) is 1.08. The summed E-state index contributed by atoms with van der Waals surface area (Å²) in [6, 6.07) is 3.30. The van der Waals surface area contributed by atoms with Gasteiger partial charge < -0.3 is 19.5 Å². The molecule has 3 aliphatic heterocycles. The van der Waals surface area contributed by atoms with Gasteiger partial charge in [-0.25, -0.2) is 4.99 Å². The number of carbonyl (C=O) groups is 1. The number of amides is 1. The quantitative estimate of drug-likeness (QED) is 0.784. The van der Waals surface area contributed by atoms with Crippen molar-refractivity contribution in [1.82, 2.24) is 4.90 Å². The average molecular weight is 306 g/mol. The molecule has 0 radical (unpaired) electrons. The molecule has 1 N–H and O–H groups in total. The van der Waals surface area contributed by atoms with Crippen LogP contribution in [0, 0.1) is 0 Å². The molecule has 0 spiro atoms. The molecule has 2 atom stereocenters. The summed E-state index contributed by atoms with van der Waals surface area (Å²) in [4.78, 5) is 19.1. The van der Waals surface area contributed by atoms with Crippen molar-refractivity contribution < 1.29 is 19.4 Å². The van der Waals surface area contributed by atoms with Crippen molar-refractivity contribution in [3.63, 3.8) is 0 Å². The van der Waals surface area contributed by atoms with Crippen LogP contribution in [0.4, 0.5) is 5.69 Å². The molecule has 6 nitrogen and oxygen atoms in total. The summed E-state index contributed by atoms with van der Waals surface area (Å²) < 4.78 is 10.7. The molecule has 0 unspecified atom stereocenters. The minimum atomic E-state index is -0.494. The molecule has 0 saturated carbocycles. The van der Waals surface area contributed by atoms with E-state index in [2.05, 4.69) is 4.99 Å². The van der Waals surface area contributed by atoms with Gasteiger partial charge in [-0.3, -0.25) is 4.79 Å². The molecule has 3 heterocycles. The van der Waals surface area contributed by atoms with E-state index in [0.29, 0.717) is 35.7 Å². The van der Waals surface area contributed by atoms with Crippen LogP contribution in [0.3, 0.4) is 0 Å². The van der Waals surface area contributed by atoms with Gasteiger partial charge in [0.25, 0.3) is 5.91 Å². The van der Waals surface area contributed by atoms with E-state index in [0.717, 1.165) is 5.04 Å². The summed E-state index contributed by atoms with van der Waals surface area (Å²) in [5, 5.41) is 10.7. The zero-order valence-electron chi connectivity index (χ0n) is 11.4. The zero-order valence-corrected chi connectivity index (χ0v) is 12.2. The summed E-state index contributed by atoms with van der Waals surface area (Å²) >= 11 is 1.51. The minimum absolute atomic E-state index is 0.113. The van der Waals surface area contributed by atoms with E-state index < -0.39 is 6.10 Å². The number of nitrogens with zero attached hydrogens (tertiary/aromatic N) is 2. The Morgan fingerprint density at radius 3 is 2.90 bits per heavy atom. The number of aliphatic hydroxyl groups is 1. The standard InChI is InChI=1S/C14H14N2O4S/c1-21-13-10-2-7(17)5-16(10)14(18)8-3-11-12(20-6-19-11)4-9(8)15-13/h3-4,7,10,17H,2,5-6H2,1H3/t7-,10-/m1/s1. The molecule has 1 aromatic carbocycles. The molecule has 3 aliphatic rings. The van der Waals surface area contributed by atoms with Gasteiger partial charge >= 0.3 is 0 Å². The Morgan fingerprint density at radius 1 is 1.38 bits per heavy atom. The third-order valence-electron chi connectivity index (χ3n) is 3.99. The lowest BCUT2D eigenvalue weighted by molar-refractivity contribution is 0.0749. The number of fused-ring (bicyclic) bond motifs is 3. The summed E-state index contributed by atoms with van der Waals surface area (Å²) in [6.45, 7) is 0.507. The molecule has 1 amide bonds. The Hall–Kier alpha value is -1.73. The Labute approximate surface area is 125 Å². The van der Waals surface area contributed by atoms with E-state index in [1.165, 1.54) is 11.8 Å². The average Bonchev–Trinajstić information content (AvgIpc) is 3.06. The molecule has 4 rings (SSSR count). The predicted molar refractivity (Wildman–Crippen MR) is 78.6 cm³/mol. The third-order valence-corrected chi connectivity index (χ3v) is 4.77. The van der Waals surface area contributed by atoms with Crippen LogP contribution < -0.4 is 9.47 Å². The van der Waals surface area contributed by atoms with Gasteiger partial charge in [-0.05, 0) is 12.3 Å². The Morgan fingerprint density at radius 2 is 2.14 bits per heavy atom. The summed E-state index contributed by atoms with van der Waals surface area (Å²) in [7, 11) is 0. The van der Waals surface area contributed by atoms with E-state index in [1.807, 2.05) is 6.26 Å². The highest BCUT2D eigenvalue weighted by atomic mass is 32.2. The van der Waals surface area contributed by atoms with Crippen molar-refractivity contribution >= 4 is 28.4 Å². The van der Waals surface area contributed by atoms with Gasteiger partial charge in [0, 0.05) is 19.0 Å². The molecule has 1 saturated heterocycles. The van der Waals surface area contributed by atoms with Crippen molar-refractivity contribution in [2.24, 2.45) is 4.99 Å². The second-order valence-electron chi connectivity index (χ2n) is 5.24. The third kappa shape index (κ3) is 1.91. The van der Waals surface area contributed by atoms with Gasteiger partial charge in [-0.15, -0.1) is 11.8 Å². The number of aliphatic hydroxyl groups excluding tert-OH is 1.